The number of fused-ring (bicyclic) bond motifs is 3. The quantitative estimate of drug-likeness (QED) is 0.422. The van der Waals surface area contributed by atoms with Gasteiger partial charge in [-0.2, -0.15) is 0 Å². The molecule has 3 N–H and O–H groups in total. The second kappa shape index (κ2) is 2.47. The third kappa shape index (κ3) is 1.17. The van der Waals surface area contributed by atoms with Crippen molar-refractivity contribution in [1.82, 2.24) is 0 Å². The van der Waals surface area contributed by atoms with Gasteiger partial charge >= 0.3 is 0 Å². The highest BCUT2D eigenvalue weighted by molar-refractivity contribution is 5.92. The third-order valence-electron chi connectivity index (χ3n) is 3.97. The molecule has 1 aliphatic carbocycles. The lowest BCUT2D eigenvalue weighted by Gasteiger charge is -2.51. The summed E-state index contributed by atoms with van der Waals surface area (Å²) >= 11 is 0. The smallest absolute Gasteiger partial charge is 0.136 e. The molecule has 0 aromatic carbocycles. The summed E-state index contributed by atoms with van der Waals surface area (Å²) in [5.41, 5.74) is 1.37. The molecular formula is C10H19N2O+. The monoisotopic (exact) mass is 183 g/mol. The first-order valence-corrected chi connectivity index (χ1v) is 5.06. The van der Waals surface area contributed by atoms with Gasteiger partial charge in [0.25, 0.3) is 0 Å². The maximum absolute atomic E-state index is 8.92. The minimum Gasteiger partial charge on any atom is -0.411 e. The van der Waals surface area contributed by atoms with E-state index in [2.05, 4.69) is 31.2 Å². The Morgan fingerprint density at radius 1 is 1.46 bits per heavy atom. The summed E-state index contributed by atoms with van der Waals surface area (Å²) < 4.78 is 0. The zero-order valence-electron chi connectivity index (χ0n) is 8.67. The van der Waals surface area contributed by atoms with Crippen LogP contribution in [0.4, 0.5) is 0 Å². The predicted octanol–water partition coefficient (Wildman–Crippen LogP) is 0.731. The van der Waals surface area contributed by atoms with E-state index in [1.165, 1.54) is 6.42 Å². The standard InChI is InChI=1S/C10H18N2O/c1-9(2)7-4-5-10(3,12-9)8(6-7)11-13/h7,12-13H,4-6H2,1-3H3/p+1/b11-8-/t7-,10-/m1/s1. The molecule has 2 heterocycles. The number of nitrogens with two attached hydrogens (primary N) is 1. The summed E-state index contributed by atoms with van der Waals surface area (Å²) in [6, 6.07) is 0. The molecule has 2 aliphatic heterocycles. The number of rotatable bonds is 0. The van der Waals surface area contributed by atoms with Gasteiger partial charge in [-0.3, -0.25) is 0 Å². The van der Waals surface area contributed by atoms with E-state index in [-0.39, 0.29) is 5.54 Å². The van der Waals surface area contributed by atoms with E-state index in [9.17, 15) is 0 Å². The molecular weight excluding hydrogens is 164 g/mol. The fraction of sp³-hybridized carbons (Fsp3) is 0.900. The fourth-order valence-corrected chi connectivity index (χ4v) is 3.07. The van der Waals surface area contributed by atoms with Crippen molar-refractivity contribution in [2.24, 2.45) is 11.1 Å². The van der Waals surface area contributed by atoms with Crippen molar-refractivity contribution >= 4 is 5.71 Å². The van der Waals surface area contributed by atoms with E-state index in [0.29, 0.717) is 11.5 Å². The Hall–Kier alpha value is -0.570. The van der Waals surface area contributed by atoms with Crippen LogP contribution in [0.25, 0.3) is 0 Å². The second-order valence-corrected chi connectivity index (χ2v) is 5.37. The molecule has 0 radical (unpaired) electrons. The van der Waals surface area contributed by atoms with Crippen LogP contribution in [0.3, 0.4) is 0 Å². The molecule has 13 heavy (non-hydrogen) atoms. The van der Waals surface area contributed by atoms with Gasteiger partial charge in [0.2, 0.25) is 0 Å². The van der Waals surface area contributed by atoms with Crippen LogP contribution in [0.5, 0.6) is 0 Å². The number of quaternary nitrogens is 1. The largest absolute Gasteiger partial charge is 0.411 e. The molecule has 2 saturated heterocycles. The van der Waals surface area contributed by atoms with Crippen LogP contribution in [-0.2, 0) is 0 Å². The molecule has 74 valence electrons. The summed E-state index contributed by atoms with van der Waals surface area (Å²) in [5.74, 6) is 0.681. The molecule has 1 saturated carbocycles. The second-order valence-electron chi connectivity index (χ2n) is 5.37. The molecule has 0 unspecified atom stereocenters. The van der Waals surface area contributed by atoms with Crippen molar-refractivity contribution in [3.05, 3.63) is 0 Å². The van der Waals surface area contributed by atoms with Crippen LogP contribution < -0.4 is 5.32 Å². The highest BCUT2D eigenvalue weighted by Crippen LogP contribution is 2.37. The lowest BCUT2D eigenvalue weighted by Crippen LogP contribution is -3.10. The van der Waals surface area contributed by atoms with E-state index < -0.39 is 0 Å². The molecule has 0 amide bonds. The van der Waals surface area contributed by atoms with E-state index in [1.54, 1.807) is 0 Å². The van der Waals surface area contributed by atoms with Crippen LogP contribution >= 0.6 is 0 Å². The Bertz CT molecular complexity index is 260. The van der Waals surface area contributed by atoms with Crippen molar-refractivity contribution in [1.29, 1.82) is 0 Å². The molecule has 0 spiro atoms. The first kappa shape index (κ1) is 9.00. The van der Waals surface area contributed by atoms with E-state index >= 15 is 0 Å². The van der Waals surface area contributed by atoms with Gasteiger partial charge in [0, 0.05) is 18.8 Å². The van der Waals surface area contributed by atoms with Crippen LogP contribution in [0.15, 0.2) is 5.16 Å². The van der Waals surface area contributed by atoms with Crippen molar-refractivity contribution in [2.45, 2.75) is 51.1 Å². The molecule has 3 fully saturated rings. The van der Waals surface area contributed by atoms with Crippen molar-refractivity contribution in [3.8, 4) is 0 Å². The molecule has 3 aliphatic rings. The molecule has 3 nitrogen and oxygen atoms in total. The van der Waals surface area contributed by atoms with E-state index in [4.69, 9.17) is 5.21 Å². The van der Waals surface area contributed by atoms with Crippen LogP contribution in [0, 0.1) is 5.92 Å². The fourth-order valence-electron chi connectivity index (χ4n) is 3.07. The lowest BCUT2D eigenvalue weighted by molar-refractivity contribution is -0.787. The highest BCUT2D eigenvalue weighted by atomic mass is 16.4. The number of oxime groups is 1. The maximum Gasteiger partial charge on any atom is 0.136 e. The number of hydrogen-bond acceptors (Lipinski definition) is 2. The van der Waals surface area contributed by atoms with Gasteiger partial charge in [-0.15, -0.1) is 0 Å². The summed E-state index contributed by atoms with van der Waals surface area (Å²) in [6.45, 7) is 6.78. The zero-order chi connectivity index (χ0) is 9.69. The first-order chi connectivity index (χ1) is 5.98. The summed E-state index contributed by atoms with van der Waals surface area (Å²) in [7, 11) is 0. The van der Waals surface area contributed by atoms with Gasteiger partial charge in [-0.25, -0.2) is 0 Å². The van der Waals surface area contributed by atoms with Gasteiger partial charge in [-0.1, -0.05) is 5.16 Å². The molecule has 3 rings (SSSR count). The number of piperidine rings is 2. The number of hydrogen-bond donors (Lipinski definition) is 2. The molecule has 2 bridgehead atoms. The maximum atomic E-state index is 8.92. The van der Waals surface area contributed by atoms with E-state index in [1.807, 2.05) is 0 Å². The molecule has 0 aromatic rings. The number of nitrogens with zero attached hydrogens (tertiary/aromatic N) is 1. The summed E-state index contributed by atoms with van der Waals surface area (Å²) in [5, 5.41) is 14.8. The molecule has 0 aromatic heterocycles. The van der Waals surface area contributed by atoms with Gasteiger partial charge in [0.15, 0.2) is 0 Å². The Morgan fingerprint density at radius 3 is 2.62 bits per heavy atom. The Kier molecular flexibility index (Phi) is 1.71. The Balaban J connectivity index is 2.34. The van der Waals surface area contributed by atoms with Gasteiger partial charge < -0.3 is 10.5 Å². The van der Waals surface area contributed by atoms with E-state index in [0.717, 1.165) is 18.6 Å². The highest BCUT2D eigenvalue weighted by Gasteiger charge is 2.54. The zero-order valence-corrected chi connectivity index (χ0v) is 8.67. The van der Waals surface area contributed by atoms with Gasteiger partial charge in [-0.05, 0) is 27.2 Å². The lowest BCUT2D eigenvalue weighted by atomic mass is 9.63. The first-order valence-electron chi connectivity index (χ1n) is 5.06. The van der Waals surface area contributed by atoms with Crippen LogP contribution in [0.1, 0.15) is 40.0 Å². The SMILES string of the molecule is CC1(C)[NH2+][C@]2(C)CC[C@@H]1C/C2=N/O. The third-order valence-corrected chi connectivity index (χ3v) is 3.97. The minimum atomic E-state index is 0.0625. The van der Waals surface area contributed by atoms with Crippen molar-refractivity contribution in [2.75, 3.05) is 0 Å². The molecule has 3 heteroatoms. The van der Waals surface area contributed by atoms with Gasteiger partial charge in [0.05, 0.1) is 5.54 Å². The average Bonchev–Trinajstić information content (AvgIpc) is 2.01. The molecule has 2 atom stereocenters. The minimum absolute atomic E-state index is 0.0625. The summed E-state index contributed by atoms with van der Waals surface area (Å²) in [4.78, 5) is 0. The summed E-state index contributed by atoms with van der Waals surface area (Å²) in [6.07, 6.45) is 3.41. The normalized spacial score (nSPS) is 45.5. The van der Waals surface area contributed by atoms with Crippen LogP contribution in [-0.4, -0.2) is 22.0 Å². The average molecular weight is 183 g/mol. The topological polar surface area (TPSA) is 49.2 Å². The Morgan fingerprint density at radius 2 is 2.15 bits per heavy atom. The predicted molar refractivity (Wildman–Crippen MR) is 51.0 cm³/mol. The Labute approximate surface area is 79.2 Å². The van der Waals surface area contributed by atoms with Crippen LogP contribution in [0.2, 0.25) is 0 Å². The van der Waals surface area contributed by atoms with Crippen molar-refractivity contribution < 1.29 is 10.5 Å². The van der Waals surface area contributed by atoms with Crippen molar-refractivity contribution in [3.63, 3.8) is 0 Å². The van der Waals surface area contributed by atoms with Gasteiger partial charge in [0.1, 0.15) is 11.3 Å².